The smallest absolute Gasteiger partial charge is 0.313 e. The molecule has 2 aliphatic rings. The van der Waals surface area contributed by atoms with Crippen molar-refractivity contribution in [2.24, 2.45) is 5.41 Å². The molecule has 3 rings (SSSR count). The molecule has 0 amide bonds. The largest absolute Gasteiger partial charge is 0.481 e. The van der Waals surface area contributed by atoms with Crippen LogP contribution in [0.4, 0.5) is 0 Å². The maximum Gasteiger partial charge on any atom is 0.313 e. The summed E-state index contributed by atoms with van der Waals surface area (Å²) >= 11 is 0. The maximum absolute atomic E-state index is 11.7. The van der Waals surface area contributed by atoms with Crippen molar-refractivity contribution < 1.29 is 19.1 Å². The Hall–Kier alpha value is -1.33. The zero-order chi connectivity index (χ0) is 14.0. The fourth-order valence-electron chi connectivity index (χ4n) is 2.96. The summed E-state index contributed by atoms with van der Waals surface area (Å²) in [7, 11) is 0. The van der Waals surface area contributed by atoms with Crippen molar-refractivity contribution >= 4 is 5.97 Å². The fourth-order valence-corrected chi connectivity index (χ4v) is 2.96. The van der Waals surface area contributed by atoms with Crippen LogP contribution in [0.1, 0.15) is 31.4 Å². The molecule has 0 aromatic carbocycles. The van der Waals surface area contributed by atoms with Crippen molar-refractivity contribution in [3.05, 3.63) is 24.2 Å². The number of carboxylic acids is 1. The molecule has 1 N–H and O–H groups in total. The molecule has 1 aromatic heterocycles. The number of furan rings is 1. The Balaban J connectivity index is 1.72. The highest BCUT2D eigenvalue weighted by Gasteiger charge is 2.44. The fraction of sp³-hybridized carbons (Fsp3) is 0.667. The van der Waals surface area contributed by atoms with Crippen LogP contribution in [0.25, 0.3) is 0 Å². The zero-order valence-electron chi connectivity index (χ0n) is 11.6. The summed E-state index contributed by atoms with van der Waals surface area (Å²) in [5, 5.41) is 9.64. The van der Waals surface area contributed by atoms with Crippen LogP contribution >= 0.6 is 0 Å². The second-order valence-electron chi connectivity index (χ2n) is 5.96. The predicted octanol–water partition coefficient (Wildman–Crippen LogP) is 2.13. The van der Waals surface area contributed by atoms with E-state index in [1.165, 1.54) is 0 Å². The van der Waals surface area contributed by atoms with Crippen molar-refractivity contribution in [1.29, 1.82) is 0 Å². The molecule has 1 aromatic rings. The standard InChI is InChI=1S/C15H21NO4/c17-14(18)15(6-2-7-19-11-15)10-16(12-4-5-12)9-13-3-1-8-20-13/h1,3,8,12H,2,4-7,9-11H2,(H,17,18). The first-order chi connectivity index (χ1) is 9.70. The molecule has 0 radical (unpaired) electrons. The summed E-state index contributed by atoms with van der Waals surface area (Å²) in [4.78, 5) is 14.0. The highest BCUT2D eigenvalue weighted by molar-refractivity contribution is 5.75. The Morgan fingerprint density at radius 1 is 1.50 bits per heavy atom. The SMILES string of the molecule is O=C(O)C1(CN(Cc2ccco2)C2CC2)CCCOC1. The minimum Gasteiger partial charge on any atom is -0.481 e. The first-order valence-electron chi connectivity index (χ1n) is 7.27. The first kappa shape index (κ1) is 13.6. The van der Waals surface area contributed by atoms with Crippen LogP contribution in [0, 0.1) is 5.41 Å². The van der Waals surface area contributed by atoms with Crippen LogP contribution in [0.3, 0.4) is 0 Å². The van der Waals surface area contributed by atoms with Crippen LogP contribution < -0.4 is 0 Å². The van der Waals surface area contributed by atoms with Gasteiger partial charge in [-0.05, 0) is 37.8 Å². The number of rotatable bonds is 6. The van der Waals surface area contributed by atoms with Crippen LogP contribution in [-0.4, -0.2) is 41.8 Å². The molecule has 0 spiro atoms. The molecule has 1 aliphatic carbocycles. The van der Waals surface area contributed by atoms with Gasteiger partial charge in [-0.25, -0.2) is 0 Å². The van der Waals surface area contributed by atoms with Gasteiger partial charge in [0, 0.05) is 19.2 Å². The van der Waals surface area contributed by atoms with Gasteiger partial charge in [-0.1, -0.05) is 0 Å². The third-order valence-electron chi connectivity index (χ3n) is 4.28. The average Bonchev–Trinajstić information content (AvgIpc) is 3.18. The number of hydrogen-bond acceptors (Lipinski definition) is 4. The predicted molar refractivity (Wildman–Crippen MR) is 72.3 cm³/mol. The highest BCUT2D eigenvalue weighted by atomic mass is 16.5. The minimum absolute atomic E-state index is 0.323. The van der Waals surface area contributed by atoms with Gasteiger partial charge < -0.3 is 14.3 Å². The van der Waals surface area contributed by atoms with Crippen molar-refractivity contribution in [2.75, 3.05) is 19.8 Å². The van der Waals surface area contributed by atoms with Crippen LogP contribution in [-0.2, 0) is 16.1 Å². The van der Waals surface area contributed by atoms with E-state index in [1.54, 1.807) is 6.26 Å². The molecular weight excluding hydrogens is 258 g/mol. The lowest BCUT2D eigenvalue weighted by Crippen LogP contribution is -2.48. The van der Waals surface area contributed by atoms with E-state index >= 15 is 0 Å². The van der Waals surface area contributed by atoms with E-state index in [0.717, 1.165) is 25.0 Å². The van der Waals surface area contributed by atoms with Gasteiger partial charge >= 0.3 is 5.97 Å². The third kappa shape index (κ3) is 2.88. The molecule has 1 saturated heterocycles. The van der Waals surface area contributed by atoms with E-state index in [-0.39, 0.29) is 0 Å². The van der Waals surface area contributed by atoms with Crippen LogP contribution in [0.5, 0.6) is 0 Å². The van der Waals surface area contributed by atoms with E-state index in [9.17, 15) is 9.90 Å². The molecule has 1 unspecified atom stereocenters. The van der Waals surface area contributed by atoms with E-state index in [2.05, 4.69) is 4.90 Å². The van der Waals surface area contributed by atoms with Gasteiger partial charge in [0.15, 0.2) is 0 Å². The Bertz CT molecular complexity index is 446. The number of hydrogen-bond donors (Lipinski definition) is 1. The Morgan fingerprint density at radius 3 is 2.90 bits per heavy atom. The number of carboxylic acid groups (broad SMARTS) is 1. The van der Waals surface area contributed by atoms with Crippen LogP contribution in [0.2, 0.25) is 0 Å². The highest BCUT2D eigenvalue weighted by Crippen LogP contribution is 2.36. The van der Waals surface area contributed by atoms with E-state index in [0.29, 0.717) is 38.8 Å². The van der Waals surface area contributed by atoms with Gasteiger partial charge in [0.05, 0.1) is 19.4 Å². The van der Waals surface area contributed by atoms with Crippen molar-refractivity contribution in [1.82, 2.24) is 4.90 Å². The van der Waals surface area contributed by atoms with Crippen LogP contribution in [0.15, 0.2) is 22.8 Å². The summed E-state index contributed by atoms with van der Waals surface area (Å²) in [6, 6.07) is 4.32. The molecule has 1 atom stereocenters. The molecule has 20 heavy (non-hydrogen) atoms. The van der Waals surface area contributed by atoms with Gasteiger partial charge in [0.1, 0.15) is 11.2 Å². The first-order valence-corrected chi connectivity index (χ1v) is 7.27. The summed E-state index contributed by atoms with van der Waals surface area (Å²) < 4.78 is 10.9. The quantitative estimate of drug-likeness (QED) is 0.864. The summed E-state index contributed by atoms with van der Waals surface area (Å²) in [6.45, 7) is 2.24. The van der Waals surface area contributed by atoms with Gasteiger partial charge in [0.25, 0.3) is 0 Å². The Kier molecular flexibility index (Phi) is 3.81. The third-order valence-corrected chi connectivity index (χ3v) is 4.28. The lowest BCUT2D eigenvalue weighted by atomic mass is 9.82. The molecule has 2 fully saturated rings. The lowest BCUT2D eigenvalue weighted by Gasteiger charge is -2.37. The molecule has 110 valence electrons. The summed E-state index contributed by atoms with van der Waals surface area (Å²) in [6.07, 6.45) is 5.49. The van der Waals surface area contributed by atoms with E-state index < -0.39 is 11.4 Å². The van der Waals surface area contributed by atoms with E-state index in [1.807, 2.05) is 12.1 Å². The molecule has 1 saturated carbocycles. The molecule has 5 heteroatoms. The number of ether oxygens (including phenoxy) is 1. The van der Waals surface area contributed by atoms with Crippen molar-refractivity contribution in [3.63, 3.8) is 0 Å². The molecule has 0 bridgehead atoms. The topological polar surface area (TPSA) is 62.9 Å². The van der Waals surface area contributed by atoms with Gasteiger partial charge in [0.2, 0.25) is 0 Å². The Morgan fingerprint density at radius 2 is 2.35 bits per heavy atom. The number of nitrogens with zero attached hydrogens (tertiary/aromatic N) is 1. The number of carbonyl (C=O) groups is 1. The molecule has 1 aliphatic heterocycles. The van der Waals surface area contributed by atoms with Crippen molar-refractivity contribution in [3.8, 4) is 0 Å². The summed E-state index contributed by atoms with van der Waals surface area (Å²) in [5.41, 5.74) is -0.757. The second kappa shape index (κ2) is 5.58. The lowest BCUT2D eigenvalue weighted by molar-refractivity contribution is -0.159. The zero-order valence-corrected chi connectivity index (χ0v) is 11.6. The molecule has 2 heterocycles. The maximum atomic E-state index is 11.7. The van der Waals surface area contributed by atoms with Gasteiger partial charge in [-0.15, -0.1) is 0 Å². The summed E-state index contributed by atoms with van der Waals surface area (Å²) in [5.74, 6) is 0.163. The molecule has 5 nitrogen and oxygen atoms in total. The number of aliphatic carboxylic acids is 1. The minimum atomic E-state index is -0.757. The average molecular weight is 279 g/mol. The van der Waals surface area contributed by atoms with Gasteiger partial charge in [-0.2, -0.15) is 0 Å². The van der Waals surface area contributed by atoms with Crippen molar-refractivity contribution in [2.45, 2.75) is 38.3 Å². The van der Waals surface area contributed by atoms with Gasteiger partial charge in [-0.3, -0.25) is 9.69 Å². The Labute approximate surface area is 118 Å². The molecular formula is C15H21NO4. The second-order valence-corrected chi connectivity index (χ2v) is 5.96. The monoisotopic (exact) mass is 279 g/mol. The van der Waals surface area contributed by atoms with E-state index in [4.69, 9.17) is 9.15 Å². The normalized spacial score (nSPS) is 26.9.